The zero-order valence-electron chi connectivity index (χ0n) is 8.86. The molecule has 0 aliphatic carbocycles. The van der Waals surface area contributed by atoms with E-state index in [0.717, 1.165) is 12.2 Å². The molecule has 76 valence electrons. The van der Waals surface area contributed by atoms with E-state index in [1.165, 1.54) is 16.3 Å². The Kier molecular flexibility index (Phi) is 2.72. The molecule has 2 rings (SSSR count). The Morgan fingerprint density at radius 3 is 2.87 bits per heavy atom. The number of methoxy groups -OCH3 is 1. The smallest absolute Gasteiger partial charge is 0.119 e. The zero-order valence-corrected chi connectivity index (χ0v) is 8.86. The van der Waals surface area contributed by atoms with Crippen LogP contribution >= 0.6 is 0 Å². The molecule has 0 heterocycles. The van der Waals surface area contributed by atoms with Crippen molar-refractivity contribution in [2.45, 2.75) is 6.42 Å². The second-order valence-electron chi connectivity index (χ2n) is 3.50. The Labute approximate surface area is 90.0 Å². The van der Waals surface area contributed by atoms with Gasteiger partial charge in [-0.2, -0.15) is 0 Å². The molecule has 0 unspecified atom stereocenters. The number of rotatable bonds is 3. The van der Waals surface area contributed by atoms with Gasteiger partial charge in [0, 0.05) is 0 Å². The van der Waals surface area contributed by atoms with Crippen LogP contribution in [0.4, 0.5) is 0 Å². The molecule has 0 aliphatic heterocycles. The fourth-order valence-corrected chi connectivity index (χ4v) is 1.79. The maximum Gasteiger partial charge on any atom is 0.119 e. The van der Waals surface area contributed by atoms with Crippen molar-refractivity contribution < 1.29 is 4.74 Å². The second kappa shape index (κ2) is 4.18. The average molecular weight is 198 g/mol. The monoisotopic (exact) mass is 198 g/mol. The van der Waals surface area contributed by atoms with Crippen LogP contribution in [0, 0.1) is 0 Å². The van der Waals surface area contributed by atoms with E-state index in [1.807, 2.05) is 12.1 Å². The first kappa shape index (κ1) is 9.78. The first-order valence-electron chi connectivity index (χ1n) is 5.01. The predicted molar refractivity (Wildman–Crippen MR) is 64.4 cm³/mol. The van der Waals surface area contributed by atoms with Gasteiger partial charge < -0.3 is 4.74 Å². The van der Waals surface area contributed by atoms with Gasteiger partial charge in [-0.05, 0) is 34.9 Å². The van der Waals surface area contributed by atoms with E-state index >= 15 is 0 Å². The van der Waals surface area contributed by atoms with E-state index in [9.17, 15) is 0 Å². The van der Waals surface area contributed by atoms with Gasteiger partial charge in [0.05, 0.1) is 7.11 Å². The highest BCUT2D eigenvalue weighted by molar-refractivity contribution is 5.87. The van der Waals surface area contributed by atoms with Crippen LogP contribution in [-0.4, -0.2) is 7.11 Å². The van der Waals surface area contributed by atoms with Crippen molar-refractivity contribution in [1.82, 2.24) is 0 Å². The van der Waals surface area contributed by atoms with E-state index in [-0.39, 0.29) is 0 Å². The highest BCUT2D eigenvalue weighted by Crippen LogP contribution is 2.24. The van der Waals surface area contributed by atoms with Gasteiger partial charge in [-0.15, -0.1) is 6.58 Å². The molecule has 0 N–H and O–H groups in total. The van der Waals surface area contributed by atoms with Gasteiger partial charge >= 0.3 is 0 Å². The molecule has 1 nitrogen and oxygen atoms in total. The summed E-state index contributed by atoms with van der Waals surface area (Å²) in [4.78, 5) is 0. The number of fused-ring (bicyclic) bond motifs is 1. The summed E-state index contributed by atoms with van der Waals surface area (Å²) in [7, 11) is 1.69. The molecule has 2 aromatic carbocycles. The van der Waals surface area contributed by atoms with Crippen LogP contribution in [-0.2, 0) is 6.42 Å². The van der Waals surface area contributed by atoms with Gasteiger partial charge in [-0.1, -0.05) is 30.3 Å². The third-order valence-corrected chi connectivity index (χ3v) is 2.54. The Bertz CT molecular complexity index is 486. The van der Waals surface area contributed by atoms with Crippen molar-refractivity contribution in [3.8, 4) is 5.75 Å². The van der Waals surface area contributed by atoms with Crippen LogP contribution in [0.3, 0.4) is 0 Å². The summed E-state index contributed by atoms with van der Waals surface area (Å²) in [6.07, 6.45) is 2.84. The molecular weight excluding hydrogens is 184 g/mol. The number of ether oxygens (including phenoxy) is 1. The molecule has 0 amide bonds. The van der Waals surface area contributed by atoms with Gasteiger partial charge in [-0.25, -0.2) is 0 Å². The molecule has 0 atom stereocenters. The molecule has 15 heavy (non-hydrogen) atoms. The van der Waals surface area contributed by atoms with Gasteiger partial charge in [0.2, 0.25) is 0 Å². The molecule has 2 aromatic rings. The Balaban J connectivity index is 2.61. The first-order chi connectivity index (χ1) is 7.35. The van der Waals surface area contributed by atoms with E-state index in [1.54, 1.807) is 7.11 Å². The topological polar surface area (TPSA) is 9.23 Å². The third kappa shape index (κ3) is 1.86. The van der Waals surface area contributed by atoms with Gasteiger partial charge in [-0.3, -0.25) is 0 Å². The lowest BCUT2D eigenvalue weighted by Crippen LogP contribution is -1.86. The number of benzene rings is 2. The minimum atomic E-state index is 0.901. The summed E-state index contributed by atoms with van der Waals surface area (Å²) < 4.78 is 5.20. The molecule has 0 saturated carbocycles. The minimum absolute atomic E-state index is 0.901. The van der Waals surface area contributed by atoms with Crippen LogP contribution in [0.1, 0.15) is 5.56 Å². The van der Waals surface area contributed by atoms with Crippen molar-refractivity contribution >= 4 is 10.8 Å². The molecule has 0 aromatic heterocycles. The molecule has 0 aliphatic rings. The van der Waals surface area contributed by atoms with Crippen LogP contribution in [0.25, 0.3) is 10.8 Å². The molecule has 1 heteroatoms. The molecule has 0 saturated heterocycles. The first-order valence-corrected chi connectivity index (χ1v) is 5.01. The van der Waals surface area contributed by atoms with Crippen molar-refractivity contribution in [1.29, 1.82) is 0 Å². The minimum Gasteiger partial charge on any atom is -0.497 e. The molecule has 0 fully saturated rings. The Morgan fingerprint density at radius 2 is 2.13 bits per heavy atom. The summed E-state index contributed by atoms with van der Waals surface area (Å²) in [6.45, 7) is 3.77. The molecular formula is C14H14O. The summed E-state index contributed by atoms with van der Waals surface area (Å²) in [5.41, 5.74) is 1.31. The van der Waals surface area contributed by atoms with Crippen molar-refractivity contribution in [2.75, 3.05) is 7.11 Å². The van der Waals surface area contributed by atoms with Crippen molar-refractivity contribution in [2.24, 2.45) is 0 Å². The van der Waals surface area contributed by atoms with E-state index in [4.69, 9.17) is 4.74 Å². The summed E-state index contributed by atoms with van der Waals surface area (Å²) >= 11 is 0. The highest BCUT2D eigenvalue weighted by Gasteiger charge is 2.00. The van der Waals surface area contributed by atoms with Gasteiger partial charge in [0.25, 0.3) is 0 Å². The van der Waals surface area contributed by atoms with Crippen LogP contribution in [0.2, 0.25) is 0 Å². The zero-order chi connectivity index (χ0) is 10.7. The lowest BCUT2D eigenvalue weighted by atomic mass is 10.0. The highest BCUT2D eigenvalue weighted by atomic mass is 16.5. The lowest BCUT2D eigenvalue weighted by Gasteiger charge is -2.06. The van der Waals surface area contributed by atoms with E-state index < -0.39 is 0 Å². The maximum absolute atomic E-state index is 5.20. The largest absolute Gasteiger partial charge is 0.497 e. The SMILES string of the molecule is C=CCc1cccc2cc(OC)ccc12. The number of allylic oxidation sites excluding steroid dienone is 1. The number of hydrogen-bond acceptors (Lipinski definition) is 1. The second-order valence-corrected chi connectivity index (χ2v) is 3.50. The third-order valence-electron chi connectivity index (χ3n) is 2.54. The summed E-state index contributed by atoms with van der Waals surface area (Å²) in [5, 5.41) is 2.49. The van der Waals surface area contributed by atoms with Crippen LogP contribution < -0.4 is 4.74 Å². The average Bonchev–Trinajstić information content (AvgIpc) is 2.29. The lowest BCUT2D eigenvalue weighted by molar-refractivity contribution is 0.415. The van der Waals surface area contributed by atoms with E-state index in [0.29, 0.717) is 0 Å². The Morgan fingerprint density at radius 1 is 1.27 bits per heavy atom. The van der Waals surface area contributed by atoms with E-state index in [2.05, 4.69) is 36.9 Å². The molecule has 0 spiro atoms. The number of hydrogen-bond donors (Lipinski definition) is 0. The molecule has 0 bridgehead atoms. The fraction of sp³-hybridized carbons (Fsp3) is 0.143. The van der Waals surface area contributed by atoms with Gasteiger partial charge in [0.15, 0.2) is 0 Å². The summed E-state index contributed by atoms with van der Waals surface area (Å²) in [5.74, 6) is 0.901. The standard InChI is InChI=1S/C14H14O/c1-3-5-11-6-4-7-12-10-13(15-2)8-9-14(11)12/h3-4,6-10H,1,5H2,2H3. The quantitative estimate of drug-likeness (QED) is 0.685. The molecule has 0 radical (unpaired) electrons. The normalized spacial score (nSPS) is 10.2. The van der Waals surface area contributed by atoms with Crippen molar-refractivity contribution in [3.05, 3.63) is 54.6 Å². The predicted octanol–water partition coefficient (Wildman–Crippen LogP) is 3.58. The maximum atomic E-state index is 5.20. The summed E-state index contributed by atoms with van der Waals surface area (Å²) in [6, 6.07) is 12.5. The van der Waals surface area contributed by atoms with Crippen LogP contribution in [0.15, 0.2) is 49.1 Å². The van der Waals surface area contributed by atoms with Crippen LogP contribution in [0.5, 0.6) is 5.75 Å². The Hall–Kier alpha value is -1.76. The fourth-order valence-electron chi connectivity index (χ4n) is 1.79. The van der Waals surface area contributed by atoms with Crippen molar-refractivity contribution in [3.63, 3.8) is 0 Å². The van der Waals surface area contributed by atoms with Gasteiger partial charge in [0.1, 0.15) is 5.75 Å².